The van der Waals surface area contributed by atoms with E-state index in [0.717, 1.165) is 5.92 Å². The van der Waals surface area contributed by atoms with Gasteiger partial charge in [-0.15, -0.1) is 0 Å². The van der Waals surface area contributed by atoms with E-state index in [4.69, 9.17) is 0 Å². The summed E-state index contributed by atoms with van der Waals surface area (Å²) in [6.45, 7) is 6.64. The minimum absolute atomic E-state index is 0. The van der Waals surface area contributed by atoms with Crippen molar-refractivity contribution in [3.05, 3.63) is 0 Å². The zero-order chi connectivity index (χ0) is 4.28. The lowest BCUT2D eigenvalue weighted by atomic mass is 10.2. The van der Waals surface area contributed by atoms with E-state index in [1.54, 1.807) is 0 Å². The summed E-state index contributed by atoms with van der Waals surface area (Å²) in [7, 11) is 0. The average molecular weight is 102 g/mol. The quantitative estimate of drug-likeness (QED) is 0.431. The number of hydrogen-bond donors (Lipinski definition) is 0. The molecule has 0 aromatic heterocycles. The summed E-state index contributed by atoms with van der Waals surface area (Å²) in [5.41, 5.74) is 0. The Hall–Kier alpha value is 0.532. The molecule has 0 N–H and O–H groups in total. The van der Waals surface area contributed by atoms with E-state index in [2.05, 4.69) is 20.8 Å². The van der Waals surface area contributed by atoms with Gasteiger partial charge in [0.1, 0.15) is 0 Å². The van der Waals surface area contributed by atoms with Crippen molar-refractivity contribution in [2.24, 2.45) is 5.92 Å². The minimum atomic E-state index is 0. The van der Waals surface area contributed by atoms with Gasteiger partial charge < -0.3 is 0 Å². The first kappa shape index (κ1) is 9.73. The van der Waals surface area contributed by atoms with Crippen LogP contribution in [0.15, 0.2) is 0 Å². The number of rotatable bonds is 1. The van der Waals surface area contributed by atoms with Crippen LogP contribution in [0.3, 0.4) is 0 Å². The summed E-state index contributed by atoms with van der Waals surface area (Å²) < 4.78 is 0. The van der Waals surface area contributed by atoms with Crippen molar-refractivity contribution < 1.29 is 0 Å². The summed E-state index contributed by atoms with van der Waals surface area (Å²) in [6.07, 6.45) is 1.31. The van der Waals surface area contributed by atoms with Gasteiger partial charge >= 0.3 is 0 Å². The van der Waals surface area contributed by atoms with Crippen LogP contribution in [0, 0.1) is 5.92 Å². The lowest BCUT2D eigenvalue weighted by molar-refractivity contribution is 0.626. The van der Waals surface area contributed by atoms with Crippen LogP contribution in [0.4, 0.5) is 0 Å². The fourth-order valence-corrected chi connectivity index (χ4v) is 0. The Bertz CT molecular complexity index is 17.9. The molecule has 6 heavy (non-hydrogen) atoms. The van der Waals surface area contributed by atoms with Crippen molar-refractivity contribution in [1.29, 1.82) is 0 Å². The van der Waals surface area contributed by atoms with Gasteiger partial charge in [-0.05, 0) is 5.92 Å². The summed E-state index contributed by atoms with van der Waals surface area (Å²) >= 11 is 0. The van der Waals surface area contributed by atoms with E-state index in [1.807, 2.05) is 0 Å². The molecule has 0 unspecified atom stereocenters. The predicted molar refractivity (Wildman–Crippen MR) is 35.1 cm³/mol. The van der Waals surface area contributed by atoms with Gasteiger partial charge in [0.05, 0.1) is 0 Å². The highest BCUT2D eigenvalue weighted by atomic mass is 27.0. The van der Waals surface area contributed by atoms with Crippen molar-refractivity contribution >= 4 is 17.4 Å². The zero-order valence-corrected chi connectivity index (χ0v) is 4.28. The van der Waals surface area contributed by atoms with Gasteiger partial charge in [-0.2, -0.15) is 0 Å². The Balaban J connectivity index is 0. The highest BCUT2D eigenvalue weighted by Crippen LogP contribution is 1.93. The van der Waals surface area contributed by atoms with Gasteiger partial charge in [-0.1, -0.05) is 27.2 Å². The lowest BCUT2D eigenvalue weighted by Crippen LogP contribution is -1.77. The highest BCUT2D eigenvalue weighted by molar-refractivity contribution is 5.75. The monoisotopic (exact) mass is 102 g/mol. The van der Waals surface area contributed by atoms with E-state index < -0.39 is 0 Å². The minimum Gasteiger partial charge on any atom is -0.0651 e. The molecule has 1 heteroatoms. The Morgan fingerprint density at radius 2 is 1.50 bits per heavy atom. The van der Waals surface area contributed by atoms with Crippen molar-refractivity contribution in [3.63, 3.8) is 0 Å². The molecule has 0 bridgehead atoms. The zero-order valence-electron chi connectivity index (χ0n) is 4.28. The Kier molecular flexibility index (Phi) is 8.97. The Morgan fingerprint density at radius 3 is 1.50 bits per heavy atom. The highest BCUT2D eigenvalue weighted by Gasteiger charge is 1.80. The van der Waals surface area contributed by atoms with Crippen molar-refractivity contribution in [2.45, 2.75) is 27.2 Å². The molecule has 0 aromatic carbocycles. The van der Waals surface area contributed by atoms with E-state index in [-0.39, 0.29) is 17.4 Å². The molecular weight excluding hydrogens is 87.0 g/mol. The first-order valence-corrected chi connectivity index (χ1v) is 2.27. The molecular formula is C5H15Al. The molecule has 0 saturated heterocycles. The van der Waals surface area contributed by atoms with Crippen LogP contribution in [0.2, 0.25) is 0 Å². The van der Waals surface area contributed by atoms with Gasteiger partial charge in [-0.3, -0.25) is 0 Å². The fraction of sp³-hybridized carbons (Fsp3) is 1.00. The molecule has 0 amide bonds. The van der Waals surface area contributed by atoms with Crippen LogP contribution in [0.1, 0.15) is 27.2 Å². The molecule has 0 radical (unpaired) electrons. The normalized spacial score (nSPS) is 8.00. The largest absolute Gasteiger partial charge is 0.187 e. The Morgan fingerprint density at radius 1 is 1.33 bits per heavy atom. The van der Waals surface area contributed by atoms with E-state index in [1.165, 1.54) is 6.42 Å². The summed E-state index contributed by atoms with van der Waals surface area (Å²) in [5, 5.41) is 0. The smallest absolute Gasteiger partial charge is 0.0651 e. The molecule has 38 valence electrons. The topological polar surface area (TPSA) is 0 Å². The van der Waals surface area contributed by atoms with Gasteiger partial charge in [0.2, 0.25) is 0 Å². The Labute approximate surface area is 51.1 Å². The van der Waals surface area contributed by atoms with Crippen LogP contribution >= 0.6 is 0 Å². The maximum absolute atomic E-state index is 2.22. The van der Waals surface area contributed by atoms with Gasteiger partial charge in [0.25, 0.3) is 0 Å². The molecule has 0 aliphatic rings. The lowest BCUT2D eigenvalue weighted by Gasteiger charge is -1.90. The van der Waals surface area contributed by atoms with Crippen molar-refractivity contribution in [2.75, 3.05) is 0 Å². The van der Waals surface area contributed by atoms with Crippen molar-refractivity contribution in [3.8, 4) is 0 Å². The van der Waals surface area contributed by atoms with Crippen molar-refractivity contribution in [1.82, 2.24) is 0 Å². The average Bonchev–Trinajstić information content (AvgIpc) is 1.38. The molecule has 0 saturated carbocycles. The first-order chi connectivity index (χ1) is 2.27. The van der Waals surface area contributed by atoms with Gasteiger partial charge in [-0.25, -0.2) is 0 Å². The summed E-state index contributed by atoms with van der Waals surface area (Å²) in [5.74, 6) is 0.884. The second-order valence-corrected chi connectivity index (χ2v) is 1.80. The molecule has 0 aromatic rings. The maximum Gasteiger partial charge on any atom is 0.187 e. The molecule has 0 nitrogen and oxygen atoms in total. The molecule has 0 aliphatic heterocycles. The predicted octanol–water partition coefficient (Wildman–Crippen LogP) is 0.868. The molecule has 0 aliphatic carbocycles. The first-order valence-electron chi connectivity index (χ1n) is 2.27. The van der Waals surface area contributed by atoms with E-state index >= 15 is 0 Å². The molecule has 0 atom stereocenters. The molecule has 0 fully saturated rings. The molecule has 0 spiro atoms. The molecule has 0 heterocycles. The third-order valence-electron chi connectivity index (χ3n) is 0.816. The summed E-state index contributed by atoms with van der Waals surface area (Å²) in [4.78, 5) is 0. The van der Waals surface area contributed by atoms with Crippen LogP contribution in [-0.2, 0) is 0 Å². The molecule has 0 rings (SSSR count). The fourth-order valence-electron chi connectivity index (χ4n) is 0. The number of hydrogen-bond acceptors (Lipinski definition) is 0. The van der Waals surface area contributed by atoms with Gasteiger partial charge in [0.15, 0.2) is 17.4 Å². The van der Waals surface area contributed by atoms with Crippen LogP contribution in [-0.4, -0.2) is 17.4 Å². The van der Waals surface area contributed by atoms with Crippen LogP contribution < -0.4 is 0 Å². The SMILES string of the molecule is CCC(C)C.[AlH3]. The van der Waals surface area contributed by atoms with E-state index in [9.17, 15) is 0 Å². The standard InChI is InChI=1S/C5H12.Al.3H/c1-4-5(2)3;;;;/h5H,4H2,1-3H3;;;;. The van der Waals surface area contributed by atoms with Crippen LogP contribution in [0.5, 0.6) is 0 Å². The maximum atomic E-state index is 2.22. The third-order valence-corrected chi connectivity index (χ3v) is 0.816. The second-order valence-electron chi connectivity index (χ2n) is 1.80. The third kappa shape index (κ3) is 8.82. The summed E-state index contributed by atoms with van der Waals surface area (Å²) in [6, 6.07) is 0. The van der Waals surface area contributed by atoms with E-state index in [0.29, 0.717) is 0 Å². The van der Waals surface area contributed by atoms with Crippen LogP contribution in [0.25, 0.3) is 0 Å². The second kappa shape index (κ2) is 5.53. The van der Waals surface area contributed by atoms with Gasteiger partial charge in [0, 0.05) is 0 Å².